The largest absolute Gasteiger partial charge is 0.559 e. The number of halogens is 6. The molecular weight excluding hydrogens is 304 g/mol. The fourth-order valence-electron chi connectivity index (χ4n) is 0.571. The standard InChI is InChI=1S/C4H4F6NO4S2/c1-16(12,13)3(7,8)2(5,6)4(9,10)17(11,14)15/h1H3,(H-,11,14,15)/q-1. The zero-order valence-corrected chi connectivity index (χ0v) is 9.35. The highest BCUT2D eigenvalue weighted by Crippen LogP contribution is 2.50. The molecule has 0 radical (unpaired) electrons. The van der Waals surface area contributed by atoms with Gasteiger partial charge in [0.1, 0.15) is 10.0 Å². The van der Waals surface area contributed by atoms with Crippen molar-refractivity contribution in [2.45, 2.75) is 16.4 Å². The van der Waals surface area contributed by atoms with E-state index in [0.717, 1.165) is 0 Å². The number of hydrogen-bond donors (Lipinski definition) is 0. The second-order valence-electron chi connectivity index (χ2n) is 2.88. The molecule has 0 aromatic heterocycles. The minimum absolute atomic E-state index is 0.479. The highest BCUT2D eigenvalue weighted by molar-refractivity contribution is 7.94. The van der Waals surface area contributed by atoms with Crippen molar-refractivity contribution in [2.75, 3.05) is 6.26 Å². The third kappa shape index (κ3) is 2.22. The van der Waals surface area contributed by atoms with Crippen LogP contribution in [0.4, 0.5) is 26.3 Å². The molecule has 0 aliphatic carbocycles. The minimum Gasteiger partial charge on any atom is -0.559 e. The van der Waals surface area contributed by atoms with Crippen LogP contribution in [-0.4, -0.2) is 39.5 Å². The quantitative estimate of drug-likeness (QED) is 0.730. The van der Waals surface area contributed by atoms with Crippen LogP contribution in [0.15, 0.2) is 0 Å². The van der Waals surface area contributed by atoms with Crippen LogP contribution in [0.3, 0.4) is 0 Å². The van der Waals surface area contributed by atoms with E-state index in [1.54, 1.807) is 0 Å². The third-order valence-corrected chi connectivity index (χ3v) is 3.65. The fraction of sp³-hybridized carbons (Fsp3) is 1.00. The van der Waals surface area contributed by atoms with E-state index in [1.807, 2.05) is 0 Å². The molecule has 104 valence electrons. The van der Waals surface area contributed by atoms with Gasteiger partial charge in [0.2, 0.25) is 9.84 Å². The maximum Gasteiger partial charge on any atom is 0.414 e. The molecule has 0 aliphatic heterocycles. The first-order chi connectivity index (χ1) is 7.00. The lowest BCUT2D eigenvalue weighted by molar-refractivity contribution is -0.243. The van der Waals surface area contributed by atoms with Crippen LogP contribution in [0.2, 0.25) is 0 Å². The Hall–Kier alpha value is -0.560. The summed E-state index contributed by atoms with van der Waals surface area (Å²) < 4.78 is 116. The Morgan fingerprint density at radius 2 is 1.12 bits per heavy atom. The van der Waals surface area contributed by atoms with Crippen molar-refractivity contribution in [3.8, 4) is 0 Å². The molecule has 13 heteroatoms. The molecule has 0 bridgehead atoms. The van der Waals surface area contributed by atoms with Gasteiger partial charge in [-0.15, -0.1) is 0 Å². The molecular formula is C4H4F6NO4S2-. The van der Waals surface area contributed by atoms with E-state index in [0.29, 0.717) is 0 Å². The molecule has 0 fully saturated rings. The molecule has 0 unspecified atom stereocenters. The summed E-state index contributed by atoms with van der Waals surface area (Å²) in [7, 11) is -12.7. The summed E-state index contributed by atoms with van der Waals surface area (Å²) in [4.78, 5) is 0. The van der Waals surface area contributed by atoms with Gasteiger partial charge in [0.05, 0.1) is 0 Å². The van der Waals surface area contributed by atoms with Crippen LogP contribution in [0.1, 0.15) is 0 Å². The molecule has 0 rings (SSSR count). The average molecular weight is 308 g/mol. The molecule has 0 saturated carbocycles. The van der Waals surface area contributed by atoms with Crippen LogP contribution in [0.5, 0.6) is 0 Å². The monoisotopic (exact) mass is 308 g/mol. The predicted octanol–water partition coefficient (Wildman–Crippen LogP) is 1.23. The van der Waals surface area contributed by atoms with Gasteiger partial charge in [0.15, 0.2) is 0 Å². The van der Waals surface area contributed by atoms with Crippen LogP contribution in [0, 0.1) is 0 Å². The highest BCUT2D eigenvalue weighted by Gasteiger charge is 2.78. The Labute approximate surface area is 91.6 Å². The molecule has 0 aromatic rings. The molecule has 0 heterocycles. The van der Waals surface area contributed by atoms with Crippen molar-refractivity contribution in [1.29, 1.82) is 0 Å². The Morgan fingerprint density at radius 3 is 1.29 bits per heavy atom. The van der Waals surface area contributed by atoms with Gasteiger partial charge in [-0.25, -0.2) is 16.8 Å². The Kier molecular flexibility index (Phi) is 3.59. The Balaban J connectivity index is 6.10. The lowest BCUT2D eigenvalue weighted by atomic mass is 10.3. The summed E-state index contributed by atoms with van der Waals surface area (Å²) in [6.07, 6.45) is -0.479. The van der Waals surface area contributed by atoms with Crippen molar-refractivity contribution in [1.82, 2.24) is 0 Å². The Morgan fingerprint density at radius 1 is 0.824 bits per heavy atom. The third-order valence-electron chi connectivity index (χ3n) is 1.53. The number of nitrogens with one attached hydrogen (secondary N) is 1. The van der Waals surface area contributed by atoms with Gasteiger partial charge < -0.3 is 5.14 Å². The number of sulfone groups is 1. The van der Waals surface area contributed by atoms with Crippen molar-refractivity contribution < 1.29 is 43.2 Å². The first-order valence-corrected chi connectivity index (χ1v) is 6.70. The molecule has 0 atom stereocenters. The molecule has 1 N–H and O–H groups in total. The summed E-state index contributed by atoms with van der Waals surface area (Å²) >= 11 is 0. The molecule has 0 amide bonds. The van der Waals surface area contributed by atoms with Crippen LogP contribution >= 0.6 is 0 Å². The van der Waals surface area contributed by atoms with Crippen LogP contribution in [0.25, 0.3) is 5.14 Å². The van der Waals surface area contributed by atoms with Gasteiger partial charge in [0, 0.05) is 6.26 Å². The highest BCUT2D eigenvalue weighted by atomic mass is 32.2. The van der Waals surface area contributed by atoms with Gasteiger partial charge in [-0.3, -0.25) is 0 Å². The molecule has 0 saturated heterocycles. The summed E-state index contributed by atoms with van der Waals surface area (Å²) in [6.45, 7) is 0. The Bertz CT molecular complexity index is 462. The summed E-state index contributed by atoms with van der Waals surface area (Å²) in [5, 5.41) is -7.20. The SMILES string of the molecule is CS(=O)(=O)C(F)(F)C(F)(F)C(F)(F)S([NH-])(=O)=O. The van der Waals surface area contributed by atoms with Gasteiger partial charge in [-0.1, -0.05) is 0 Å². The van der Waals surface area contributed by atoms with E-state index in [4.69, 9.17) is 5.14 Å². The first-order valence-electron chi connectivity index (χ1n) is 3.32. The molecule has 5 nitrogen and oxygen atoms in total. The first kappa shape index (κ1) is 16.4. The van der Waals surface area contributed by atoms with Crippen LogP contribution < -0.4 is 0 Å². The lowest BCUT2D eigenvalue weighted by Gasteiger charge is -2.32. The van der Waals surface area contributed by atoms with Crippen molar-refractivity contribution in [2.24, 2.45) is 0 Å². The topological polar surface area (TPSA) is 92.1 Å². The van der Waals surface area contributed by atoms with Crippen LogP contribution in [-0.2, 0) is 19.9 Å². The number of alkyl halides is 6. The summed E-state index contributed by atoms with van der Waals surface area (Å²) in [5.74, 6) is -6.77. The van der Waals surface area contributed by atoms with E-state index in [2.05, 4.69) is 0 Å². The predicted molar refractivity (Wildman–Crippen MR) is 42.9 cm³/mol. The normalized spacial score (nSPS) is 16.0. The van der Waals surface area contributed by atoms with Gasteiger partial charge in [-0.2, -0.15) is 26.3 Å². The van der Waals surface area contributed by atoms with E-state index in [-0.39, 0.29) is 0 Å². The molecule has 0 aromatic carbocycles. The lowest BCUT2D eigenvalue weighted by Crippen LogP contribution is -2.59. The average Bonchev–Trinajstić information content (AvgIpc) is 1.98. The number of rotatable bonds is 4. The molecule has 0 aliphatic rings. The van der Waals surface area contributed by atoms with Crippen molar-refractivity contribution in [3.63, 3.8) is 0 Å². The van der Waals surface area contributed by atoms with Gasteiger partial charge in [-0.05, 0) is 0 Å². The smallest absolute Gasteiger partial charge is 0.414 e. The van der Waals surface area contributed by atoms with E-state index < -0.39 is 42.5 Å². The van der Waals surface area contributed by atoms with Gasteiger partial charge in [0.25, 0.3) is 0 Å². The zero-order chi connectivity index (χ0) is 14.5. The second-order valence-corrected chi connectivity index (χ2v) is 6.46. The van der Waals surface area contributed by atoms with E-state index in [9.17, 15) is 43.2 Å². The maximum atomic E-state index is 12.6. The second kappa shape index (κ2) is 3.71. The van der Waals surface area contributed by atoms with Crippen molar-refractivity contribution in [3.05, 3.63) is 5.14 Å². The van der Waals surface area contributed by atoms with Gasteiger partial charge >= 0.3 is 16.4 Å². The number of sulfonamides is 1. The maximum absolute atomic E-state index is 12.6. The number of hydrogen-bond acceptors (Lipinski definition) is 4. The molecule has 17 heavy (non-hydrogen) atoms. The van der Waals surface area contributed by atoms with E-state index >= 15 is 0 Å². The van der Waals surface area contributed by atoms with E-state index in [1.165, 1.54) is 0 Å². The minimum atomic E-state index is -6.77. The fourth-order valence-corrected chi connectivity index (χ4v) is 1.70. The zero-order valence-electron chi connectivity index (χ0n) is 7.72. The van der Waals surface area contributed by atoms with Crippen molar-refractivity contribution >= 4 is 19.9 Å². The molecule has 0 spiro atoms. The summed E-state index contributed by atoms with van der Waals surface area (Å²) in [5.41, 5.74) is 0. The summed E-state index contributed by atoms with van der Waals surface area (Å²) in [6, 6.07) is 0.